The van der Waals surface area contributed by atoms with E-state index in [9.17, 15) is 4.79 Å². The van der Waals surface area contributed by atoms with Crippen LogP contribution >= 0.6 is 0 Å². The van der Waals surface area contributed by atoms with Gasteiger partial charge in [0, 0.05) is 36.8 Å². The molecule has 5 nitrogen and oxygen atoms in total. The van der Waals surface area contributed by atoms with Gasteiger partial charge < -0.3 is 5.32 Å². The lowest BCUT2D eigenvalue weighted by Gasteiger charge is -2.05. The second-order valence-corrected chi connectivity index (χ2v) is 5.34. The van der Waals surface area contributed by atoms with Gasteiger partial charge in [-0.1, -0.05) is 18.2 Å². The van der Waals surface area contributed by atoms with E-state index in [2.05, 4.69) is 15.4 Å². The van der Waals surface area contributed by atoms with Crippen LogP contribution in [0.2, 0.25) is 0 Å². The van der Waals surface area contributed by atoms with Crippen molar-refractivity contribution in [2.75, 3.05) is 5.32 Å². The number of aryl methyl sites for hydroxylation is 3. The molecule has 0 unspecified atom stereocenters. The Balaban J connectivity index is 1.61. The number of amides is 1. The number of pyridine rings is 1. The van der Waals surface area contributed by atoms with Crippen LogP contribution in [0.1, 0.15) is 21.5 Å². The number of hydrogen-bond acceptors (Lipinski definition) is 3. The zero-order chi connectivity index (χ0) is 16.1. The molecule has 3 rings (SSSR count). The minimum Gasteiger partial charge on any atom is -0.305 e. The maximum absolute atomic E-state index is 12.3. The summed E-state index contributed by atoms with van der Waals surface area (Å²) >= 11 is 0. The van der Waals surface area contributed by atoms with Crippen LogP contribution in [0, 0.1) is 6.92 Å². The molecule has 2 aromatic heterocycles. The molecule has 3 aromatic rings. The number of rotatable bonds is 5. The van der Waals surface area contributed by atoms with Gasteiger partial charge in [-0.2, -0.15) is 5.10 Å². The van der Waals surface area contributed by atoms with Gasteiger partial charge in [0.15, 0.2) is 5.82 Å². The van der Waals surface area contributed by atoms with E-state index >= 15 is 0 Å². The van der Waals surface area contributed by atoms with Crippen molar-refractivity contribution in [2.45, 2.75) is 19.9 Å². The van der Waals surface area contributed by atoms with Gasteiger partial charge in [-0.25, -0.2) is 0 Å². The Morgan fingerprint density at radius 2 is 1.91 bits per heavy atom. The molecule has 0 aliphatic carbocycles. The monoisotopic (exact) mass is 306 g/mol. The van der Waals surface area contributed by atoms with E-state index in [1.165, 1.54) is 5.56 Å². The molecular formula is C18H18N4O. The number of anilines is 1. The second-order valence-electron chi connectivity index (χ2n) is 5.34. The molecule has 0 saturated carbocycles. The predicted molar refractivity (Wildman–Crippen MR) is 89.3 cm³/mol. The van der Waals surface area contributed by atoms with E-state index in [1.807, 2.05) is 60.3 Å². The molecule has 5 heteroatoms. The fourth-order valence-electron chi connectivity index (χ4n) is 2.36. The Labute approximate surface area is 135 Å². The third kappa shape index (κ3) is 3.83. The molecule has 2 heterocycles. The normalized spacial score (nSPS) is 10.5. The van der Waals surface area contributed by atoms with Gasteiger partial charge in [-0.15, -0.1) is 0 Å². The number of aromatic nitrogens is 3. The smallest absolute Gasteiger partial charge is 0.257 e. The van der Waals surface area contributed by atoms with Gasteiger partial charge in [0.1, 0.15) is 0 Å². The van der Waals surface area contributed by atoms with Crippen LogP contribution in [-0.4, -0.2) is 20.7 Å². The Morgan fingerprint density at radius 1 is 1.13 bits per heavy atom. The fraction of sp³-hybridized carbons (Fsp3) is 0.167. The molecule has 0 atom stereocenters. The van der Waals surface area contributed by atoms with Crippen molar-refractivity contribution in [3.05, 3.63) is 77.7 Å². The summed E-state index contributed by atoms with van der Waals surface area (Å²) in [5, 5.41) is 7.23. The summed E-state index contributed by atoms with van der Waals surface area (Å²) in [6.45, 7) is 2.67. The van der Waals surface area contributed by atoms with E-state index in [-0.39, 0.29) is 5.91 Å². The molecule has 0 radical (unpaired) electrons. The minimum absolute atomic E-state index is 0.137. The molecule has 23 heavy (non-hydrogen) atoms. The summed E-state index contributed by atoms with van der Waals surface area (Å²) in [5.74, 6) is 0.426. The Hall–Kier alpha value is -2.95. The lowest BCUT2D eigenvalue weighted by molar-refractivity contribution is 0.102. The number of hydrogen-bond donors (Lipinski definition) is 1. The van der Waals surface area contributed by atoms with Gasteiger partial charge in [0.05, 0.1) is 0 Å². The van der Waals surface area contributed by atoms with Crippen LogP contribution in [0.15, 0.2) is 61.1 Å². The van der Waals surface area contributed by atoms with Crippen molar-refractivity contribution in [2.24, 2.45) is 0 Å². The molecule has 0 aliphatic rings. The summed E-state index contributed by atoms with van der Waals surface area (Å²) in [5.41, 5.74) is 2.82. The zero-order valence-corrected chi connectivity index (χ0v) is 12.9. The highest BCUT2D eigenvalue weighted by Gasteiger charge is 2.10. The second kappa shape index (κ2) is 6.87. The van der Waals surface area contributed by atoms with E-state index in [4.69, 9.17) is 0 Å². The maximum atomic E-state index is 12.3. The molecule has 1 amide bonds. The van der Waals surface area contributed by atoms with Gasteiger partial charge in [0.2, 0.25) is 0 Å². The Bertz CT molecular complexity index is 796. The van der Waals surface area contributed by atoms with Crippen molar-refractivity contribution < 1.29 is 4.79 Å². The first-order valence-electron chi connectivity index (χ1n) is 7.52. The Kier molecular flexibility index (Phi) is 4.47. The highest BCUT2D eigenvalue weighted by Crippen LogP contribution is 2.11. The number of nitrogens with one attached hydrogen (secondary N) is 1. The van der Waals surface area contributed by atoms with Crippen LogP contribution in [0.25, 0.3) is 0 Å². The van der Waals surface area contributed by atoms with E-state index in [1.54, 1.807) is 12.4 Å². The standard InChI is InChI=1S/C18H18N4O/c1-14-4-2-3-5-16(14)18(23)20-17-9-13-22(21-17)12-8-15-6-10-19-11-7-15/h2-7,9-11,13H,8,12H2,1H3,(H,20,21,23). The third-order valence-corrected chi connectivity index (χ3v) is 3.65. The van der Waals surface area contributed by atoms with Crippen molar-refractivity contribution >= 4 is 11.7 Å². The zero-order valence-electron chi connectivity index (χ0n) is 12.9. The molecule has 0 bridgehead atoms. The SMILES string of the molecule is Cc1ccccc1C(=O)Nc1ccn(CCc2ccncc2)n1. The number of benzene rings is 1. The highest BCUT2D eigenvalue weighted by atomic mass is 16.1. The summed E-state index contributed by atoms with van der Waals surface area (Å²) in [6.07, 6.45) is 6.31. The van der Waals surface area contributed by atoms with Gasteiger partial charge in [-0.3, -0.25) is 14.5 Å². The lowest BCUT2D eigenvalue weighted by Crippen LogP contribution is -2.14. The highest BCUT2D eigenvalue weighted by molar-refractivity contribution is 6.04. The van der Waals surface area contributed by atoms with Gasteiger partial charge in [-0.05, 0) is 42.7 Å². The first-order valence-corrected chi connectivity index (χ1v) is 7.52. The summed E-state index contributed by atoms with van der Waals surface area (Å²) in [4.78, 5) is 16.3. The quantitative estimate of drug-likeness (QED) is 0.788. The van der Waals surface area contributed by atoms with Crippen molar-refractivity contribution in [3.8, 4) is 0 Å². The van der Waals surface area contributed by atoms with Crippen molar-refractivity contribution in [1.82, 2.24) is 14.8 Å². The minimum atomic E-state index is -0.137. The van der Waals surface area contributed by atoms with Gasteiger partial charge >= 0.3 is 0 Å². The summed E-state index contributed by atoms with van der Waals surface area (Å²) in [6, 6.07) is 13.3. The van der Waals surface area contributed by atoms with Gasteiger partial charge in [0.25, 0.3) is 5.91 Å². The average Bonchev–Trinajstić information content (AvgIpc) is 3.02. The molecule has 116 valence electrons. The molecule has 1 N–H and O–H groups in total. The lowest BCUT2D eigenvalue weighted by atomic mass is 10.1. The molecular weight excluding hydrogens is 288 g/mol. The topological polar surface area (TPSA) is 59.8 Å². The molecule has 1 aromatic carbocycles. The predicted octanol–water partition coefficient (Wildman–Crippen LogP) is 3.08. The Morgan fingerprint density at radius 3 is 2.70 bits per heavy atom. The van der Waals surface area contributed by atoms with Crippen LogP contribution in [-0.2, 0) is 13.0 Å². The molecule has 0 fully saturated rings. The maximum Gasteiger partial charge on any atom is 0.257 e. The summed E-state index contributed by atoms with van der Waals surface area (Å²) < 4.78 is 1.83. The number of carbonyl (C=O) groups excluding carboxylic acids is 1. The van der Waals surface area contributed by atoms with E-state index < -0.39 is 0 Å². The number of nitrogens with zero attached hydrogens (tertiary/aromatic N) is 3. The van der Waals surface area contributed by atoms with E-state index in [0.717, 1.165) is 18.5 Å². The van der Waals surface area contributed by atoms with Crippen LogP contribution < -0.4 is 5.32 Å². The van der Waals surface area contributed by atoms with Crippen molar-refractivity contribution in [1.29, 1.82) is 0 Å². The van der Waals surface area contributed by atoms with Crippen LogP contribution in [0.4, 0.5) is 5.82 Å². The largest absolute Gasteiger partial charge is 0.305 e. The first-order chi connectivity index (χ1) is 11.2. The molecule has 0 spiro atoms. The fourth-order valence-corrected chi connectivity index (χ4v) is 2.36. The van der Waals surface area contributed by atoms with E-state index in [0.29, 0.717) is 11.4 Å². The first kappa shape index (κ1) is 15.0. The van der Waals surface area contributed by atoms with Crippen LogP contribution in [0.3, 0.4) is 0 Å². The molecule has 0 saturated heterocycles. The third-order valence-electron chi connectivity index (χ3n) is 3.65. The average molecular weight is 306 g/mol. The van der Waals surface area contributed by atoms with Crippen molar-refractivity contribution in [3.63, 3.8) is 0 Å². The van der Waals surface area contributed by atoms with Crippen LogP contribution in [0.5, 0.6) is 0 Å². The number of carbonyl (C=O) groups is 1. The summed E-state index contributed by atoms with van der Waals surface area (Å²) in [7, 11) is 0. The molecule has 0 aliphatic heterocycles.